The zero-order valence-corrected chi connectivity index (χ0v) is 10.3. The normalized spacial score (nSPS) is 37.6. The van der Waals surface area contributed by atoms with Crippen LogP contribution in [0.5, 0.6) is 0 Å². The zero-order valence-electron chi connectivity index (χ0n) is 10.3. The average molecular weight is 210 g/mol. The highest BCUT2D eigenvalue weighted by Crippen LogP contribution is 2.24. The van der Waals surface area contributed by atoms with Gasteiger partial charge in [-0.3, -0.25) is 0 Å². The number of hydrogen-bond donors (Lipinski definition) is 1. The van der Waals surface area contributed by atoms with Crippen molar-refractivity contribution in [3.8, 4) is 0 Å². The van der Waals surface area contributed by atoms with Crippen molar-refractivity contribution in [1.29, 1.82) is 0 Å². The summed E-state index contributed by atoms with van der Waals surface area (Å²) in [5, 5.41) is 3.55. The second kappa shape index (κ2) is 5.31. The minimum absolute atomic E-state index is 0.746. The van der Waals surface area contributed by atoms with Crippen molar-refractivity contribution in [3.63, 3.8) is 0 Å². The first kappa shape index (κ1) is 11.4. The highest BCUT2D eigenvalue weighted by Gasteiger charge is 2.28. The Morgan fingerprint density at radius 3 is 2.87 bits per heavy atom. The van der Waals surface area contributed by atoms with E-state index in [1.165, 1.54) is 51.9 Å². The first-order valence-electron chi connectivity index (χ1n) is 6.75. The van der Waals surface area contributed by atoms with Crippen molar-refractivity contribution in [3.05, 3.63) is 0 Å². The molecule has 2 fully saturated rings. The lowest BCUT2D eigenvalue weighted by Crippen LogP contribution is -2.33. The van der Waals surface area contributed by atoms with Crippen LogP contribution in [0.25, 0.3) is 0 Å². The van der Waals surface area contributed by atoms with Crippen molar-refractivity contribution in [2.45, 2.75) is 45.6 Å². The molecule has 2 saturated heterocycles. The van der Waals surface area contributed by atoms with Gasteiger partial charge in [0.1, 0.15) is 0 Å². The Balaban J connectivity index is 1.72. The number of hydrogen-bond acceptors (Lipinski definition) is 2. The van der Waals surface area contributed by atoms with Gasteiger partial charge in [-0.2, -0.15) is 0 Å². The van der Waals surface area contributed by atoms with Gasteiger partial charge in [0.25, 0.3) is 0 Å². The summed E-state index contributed by atoms with van der Waals surface area (Å²) < 4.78 is 0. The fourth-order valence-corrected chi connectivity index (χ4v) is 3.22. The predicted octanol–water partition coefficient (Wildman–Crippen LogP) is 2.11. The minimum atomic E-state index is 0.746. The van der Waals surface area contributed by atoms with Crippen LogP contribution < -0.4 is 5.32 Å². The van der Waals surface area contributed by atoms with E-state index in [9.17, 15) is 0 Å². The van der Waals surface area contributed by atoms with Gasteiger partial charge in [-0.1, -0.05) is 13.3 Å². The van der Waals surface area contributed by atoms with E-state index >= 15 is 0 Å². The van der Waals surface area contributed by atoms with Gasteiger partial charge in [0, 0.05) is 19.1 Å². The van der Waals surface area contributed by atoms with Gasteiger partial charge in [-0.15, -0.1) is 0 Å². The molecule has 15 heavy (non-hydrogen) atoms. The highest BCUT2D eigenvalue weighted by molar-refractivity contribution is 4.85. The van der Waals surface area contributed by atoms with E-state index in [2.05, 4.69) is 24.1 Å². The van der Waals surface area contributed by atoms with Crippen molar-refractivity contribution in [2.24, 2.45) is 11.8 Å². The Kier molecular flexibility index (Phi) is 4.04. The van der Waals surface area contributed by atoms with Crippen LogP contribution in [0.3, 0.4) is 0 Å². The highest BCUT2D eigenvalue weighted by atomic mass is 15.2. The van der Waals surface area contributed by atoms with E-state index in [1.807, 2.05) is 0 Å². The molecule has 0 aliphatic carbocycles. The standard InChI is InChI=1S/C13H26N2/c1-3-4-12-6-8-15(9-12)10-13-5-7-14-11(13)2/h11-14H,3-10H2,1-2H3. The second-order valence-electron chi connectivity index (χ2n) is 5.49. The van der Waals surface area contributed by atoms with E-state index in [4.69, 9.17) is 0 Å². The molecule has 2 heterocycles. The van der Waals surface area contributed by atoms with Gasteiger partial charge in [0.05, 0.1) is 0 Å². The molecule has 1 N–H and O–H groups in total. The van der Waals surface area contributed by atoms with E-state index in [1.54, 1.807) is 0 Å². The maximum Gasteiger partial charge on any atom is 0.00796 e. The van der Waals surface area contributed by atoms with Gasteiger partial charge < -0.3 is 10.2 Å². The minimum Gasteiger partial charge on any atom is -0.314 e. The Morgan fingerprint density at radius 2 is 2.20 bits per heavy atom. The van der Waals surface area contributed by atoms with Crippen LogP contribution in [0.15, 0.2) is 0 Å². The van der Waals surface area contributed by atoms with Crippen LogP contribution in [-0.4, -0.2) is 37.1 Å². The summed E-state index contributed by atoms with van der Waals surface area (Å²) in [7, 11) is 0. The van der Waals surface area contributed by atoms with E-state index < -0.39 is 0 Å². The second-order valence-corrected chi connectivity index (χ2v) is 5.49. The maximum absolute atomic E-state index is 3.55. The van der Waals surface area contributed by atoms with Crippen molar-refractivity contribution in [2.75, 3.05) is 26.2 Å². The Morgan fingerprint density at radius 1 is 1.33 bits per heavy atom. The Labute approximate surface area is 94.4 Å². The van der Waals surface area contributed by atoms with Gasteiger partial charge in [-0.05, 0) is 51.1 Å². The van der Waals surface area contributed by atoms with E-state index in [-0.39, 0.29) is 0 Å². The van der Waals surface area contributed by atoms with Gasteiger partial charge in [-0.25, -0.2) is 0 Å². The predicted molar refractivity (Wildman–Crippen MR) is 65.0 cm³/mol. The fourth-order valence-electron chi connectivity index (χ4n) is 3.22. The third-order valence-corrected chi connectivity index (χ3v) is 4.25. The van der Waals surface area contributed by atoms with Crippen molar-refractivity contribution < 1.29 is 0 Å². The lowest BCUT2D eigenvalue weighted by Gasteiger charge is -2.23. The Hall–Kier alpha value is -0.0800. The first-order chi connectivity index (χ1) is 7.29. The summed E-state index contributed by atoms with van der Waals surface area (Å²) in [6.07, 6.45) is 5.63. The van der Waals surface area contributed by atoms with Crippen molar-refractivity contribution >= 4 is 0 Å². The van der Waals surface area contributed by atoms with Crippen LogP contribution in [-0.2, 0) is 0 Å². The van der Waals surface area contributed by atoms with Crippen LogP contribution in [0.2, 0.25) is 0 Å². The molecule has 0 aromatic carbocycles. The summed E-state index contributed by atoms with van der Waals surface area (Å²) >= 11 is 0. The molecule has 0 amide bonds. The molecule has 2 rings (SSSR count). The summed E-state index contributed by atoms with van der Waals surface area (Å²) in [4.78, 5) is 2.70. The van der Waals surface area contributed by atoms with Gasteiger partial charge >= 0.3 is 0 Å². The molecule has 0 aromatic rings. The third kappa shape index (κ3) is 2.94. The molecular formula is C13H26N2. The van der Waals surface area contributed by atoms with Crippen LogP contribution in [0.1, 0.15) is 39.5 Å². The van der Waals surface area contributed by atoms with Crippen molar-refractivity contribution in [1.82, 2.24) is 10.2 Å². The number of rotatable bonds is 4. The molecule has 3 atom stereocenters. The van der Waals surface area contributed by atoms with Gasteiger partial charge in [0.15, 0.2) is 0 Å². The molecule has 3 unspecified atom stereocenters. The average Bonchev–Trinajstić information content (AvgIpc) is 2.79. The van der Waals surface area contributed by atoms with E-state index in [0.29, 0.717) is 0 Å². The molecule has 0 radical (unpaired) electrons. The third-order valence-electron chi connectivity index (χ3n) is 4.25. The lowest BCUT2D eigenvalue weighted by molar-refractivity contribution is 0.257. The monoisotopic (exact) mass is 210 g/mol. The molecular weight excluding hydrogens is 184 g/mol. The number of nitrogens with zero attached hydrogens (tertiary/aromatic N) is 1. The van der Waals surface area contributed by atoms with Gasteiger partial charge in [0.2, 0.25) is 0 Å². The molecule has 0 saturated carbocycles. The molecule has 2 aliphatic heterocycles. The molecule has 2 nitrogen and oxygen atoms in total. The Bertz CT molecular complexity index is 193. The first-order valence-corrected chi connectivity index (χ1v) is 6.75. The zero-order chi connectivity index (χ0) is 10.7. The number of likely N-dealkylation sites (tertiary alicyclic amines) is 1. The summed E-state index contributed by atoms with van der Waals surface area (Å²) in [6.45, 7) is 9.96. The summed E-state index contributed by atoms with van der Waals surface area (Å²) in [5.41, 5.74) is 0. The molecule has 88 valence electrons. The maximum atomic E-state index is 3.55. The lowest BCUT2D eigenvalue weighted by atomic mass is 10.0. The molecule has 0 bridgehead atoms. The van der Waals surface area contributed by atoms with Crippen LogP contribution in [0.4, 0.5) is 0 Å². The largest absolute Gasteiger partial charge is 0.314 e. The van der Waals surface area contributed by atoms with Crippen LogP contribution >= 0.6 is 0 Å². The molecule has 0 spiro atoms. The van der Waals surface area contributed by atoms with E-state index in [0.717, 1.165) is 17.9 Å². The number of nitrogens with one attached hydrogen (secondary N) is 1. The molecule has 2 aliphatic rings. The molecule has 0 aromatic heterocycles. The quantitative estimate of drug-likeness (QED) is 0.764. The summed E-state index contributed by atoms with van der Waals surface area (Å²) in [6, 6.07) is 0.746. The fraction of sp³-hybridized carbons (Fsp3) is 1.00. The summed E-state index contributed by atoms with van der Waals surface area (Å²) in [5.74, 6) is 1.91. The smallest absolute Gasteiger partial charge is 0.00796 e. The van der Waals surface area contributed by atoms with Crippen LogP contribution in [0, 0.1) is 11.8 Å². The molecule has 2 heteroatoms. The SMILES string of the molecule is CCCC1CCN(CC2CCNC2C)C1. The topological polar surface area (TPSA) is 15.3 Å².